The normalized spacial score (nSPS) is 18.6. The maximum atomic E-state index is 11.5. The van der Waals surface area contributed by atoms with Crippen molar-refractivity contribution < 1.29 is 4.79 Å². The molecule has 1 aliphatic heterocycles. The molecule has 4 nitrogen and oxygen atoms in total. The first-order chi connectivity index (χ1) is 9.15. The van der Waals surface area contributed by atoms with Gasteiger partial charge in [-0.1, -0.05) is 6.08 Å². The largest absolute Gasteiger partial charge is 0.295 e. The molecule has 1 aliphatic rings. The van der Waals surface area contributed by atoms with Gasteiger partial charge in [0.05, 0.1) is 11.2 Å². The summed E-state index contributed by atoms with van der Waals surface area (Å²) in [5.41, 5.74) is 3.69. The number of aliphatic imine (C=N–C) groups is 1. The van der Waals surface area contributed by atoms with Crippen LogP contribution < -0.4 is 0 Å². The molecule has 0 saturated carbocycles. The molecule has 3 rings (SSSR count). The van der Waals surface area contributed by atoms with Crippen molar-refractivity contribution in [2.45, 2.75) is 26.2 Å². The molecule has 1 aromatic carbocycles. The van der Waals surface area contributed by atoms with Gasteiger partial charge in [-0.25, -0.2) is 0 Å². The SMILES string of the molecule is CC(=O)c1ccc2n[nH]c(C3C=C(C)N=CC3)c2c1. The highest BCUT2D eigenvalue weighted by Gasteiger charge is 2.17. The maximum absolute atomic E-state index is 11.5. The predicted molar refractivity (Wildman–Crippen MR) is 75.7 cm³/mol. The van der Waals surface area contributed by atoms with Gasteiger partial charge in [0.15, 0.2) is 5.78 Å². The first kappa shape index (κ1) is 11.8. The van der Waals surface area contributed by atoms with E-state index in [9.17, 15) is 4.79 Å². The Morgan fingerprint density at radius 1 is 1.42 bits per heavy atom. The fourth-order valence-electron chi connectivity index (χ4n) is 2.45. The van der Waals surface area contributed by atoms with E-state index in [0.717, 1.165) is 34.3 Å². The number of benzene rings is 1. The third-order valence-corrected chi connectivity index (χ3v) is 3.46. The van der Waals surface area contributed by atoms with E-state index in [2.05, 4.69) is 21.3 Å². The number of ketones is 1. The summed E-state index contributed by atoms with van der Waals surface area (Å²) >= 11 is 0. The van der Waals surface area contributed by atoms with E-state index >= 15 is 0 Å². The zero-order valence-corrected chi connectivity index (χ0v) is 11.0. The van der Waals surface area contributed by atoms with E-state index < -0.39 is 0 Å². The lowest BCUT2D eigenvalue weighted by atomic mass is 9.95. The Balaban J connectivity index is 2.11. The van der Waals surface area contributed by atoms with Crippen LogP contribution in [0.15, 0.2) is 35.0 Å². The molecule has 0 aliphatic carbocycles. The molecular formula is C15H15N3O. The molecule has 4 heteroatoms. The highest BCUT2D eigenvalue weighted by atomic mass is 16.1. The van der Waals surface area contributed by atoms with E-state index in [1.54, 1.807) is 6.92 Å². The Morgan fingerprint density at radius 2 is 2.26 bits per heavy atom. The Kier molecular flexibility index (Phi) is 2.78. The standard InChI is InChI=1S/C15H15N3O/c1-9-7-12(5-6-16-9)15-13-8-11(10(2)19)3-4-14(13)17-18-15/h3-4,6-8,12H,5H2,1-2H3,(H,17,18). The van der Waals surface area contributed by atoms with Gasteiger partial charge in [-0.15, -0.1) is 0 Å². The number of Topliss-reactive ketones (excluding diaryl/α,β-unsaturated/α-hetero) is 1. The number of carbonyl (C=O) groups is 1. The van der Waals surface area contributed by atoms with Gasteiger partial charge in [0.25, 0.3) is 0 Å². The first-order valence-corrected chi connectivity index (χ1v) is 6.35. The first-order valence-electron chi connectivity index (χ1n) is 6.35. The lowest BCUT2D eigenvalue weighted by molar-refractivity contribution is 0.101. The molecule has 0 radical (unpaired) electrons. The van der Waals surface area contributed by atoms with Crippen LogP contribution in [0.4, 0.5) is 0 Å². The molecule has 2 aromatic rings. The van der Waals surface area contributed by atoms with Crippen LogP contribution in [0.5, 0.6) is 0 Å². The van der Waals surface area contributed by atoms with Gasteiger partial charge in [0.2, 0.25) is 0 Å². The Hall–Kier alpha value is -2.23. The average Bonchev–Trinajstić information content (AvgIpc) is 2.81. The second-order valence-electron chi connectivity index (χ2n) is 4.89. The van der Waals surface area contributed by atoms with Crippen LogP contribution in [0.25, 0.3) is 10.9 Å². The fourth-order valence-corrected chi connectivity index (χ4v) is 2.45. The molecule has 1 N–H and O–H groups in total. The smallest absolute Gasteiger partial charge is 0.159 e. The molecule has 1 unspecified atom stereocenters. The van der Waals surface area contributed by atoms with Crippen LogP contribution in [0.3, 0.4) is 0 Å². The van der Waals surface area contributed by atoms with Crippen LogP contribution >= 0.6 is 0 Å². The Morgan fingerprint density at radius 3 is 3.00 bits per heavy atom. The van der Waals surface area contributed by atoms with Crippen LogP contribution in [-0.2, 0) is 0 Å². The monoisotopic (exact) mass is 253 g/mol. The van der Waals surface area contributed by atoms with Crippen molar-refractivity contribution in [3.05, 3.63) is 41.2 Å². The highest BCUT2D eigenvalue weighted by Crippen LogP contribution is 2.29. The minimum atomic E-state index is 0.0750. The molecule has 1 atom stereocenters. The van der Waals surface area contributed by atoms with Crippen molar-refractivity contribution in [2.24, 2.45) is 4.99 Å². The van der Waals surface area contributed by atoms with Crippen LogP contribution in [-0.4, -0.2) is 22.2 Å². The molecule has 0 saturated heterocycles. The summed E-state index contributed by atoms with van der Waals surface area (Å²) < 4.78 is 0. The van der Waals surface area contributed by atoms with E-state index in [1.807, 2.05) is 31.3 Å². The van der Waals surface area contributed by atoms with Gasteiger partial charge in [0, 0.05) is 28.8 Å². The third kappa shape index (κ3) is 2.10. The predicted octanol–water partition coefficient (Wildman–Crippen LogP) is 3.23. The number of rotatable bonds is 2. The van der Waals surface area contributed by atoms with Crippen molar-refractivity contribution in [1.29, 1.82) is 0 Å². The number of carbonyl (C=O) groups excluding carboxylic acids is 1. The highest BCUT2D eigenvalue weighted by molar-refractivity contribution is 5.98. The summed E-state index contributed by atoms with van der Waals surface area (Å²) in [6.07, 6.45) is 4.92. The third-order valence-electron chi connectivity index (χ3n) is 3.46. The molecule has 0 fully saturated rings. The number of aromatic nitrogens is 2. The number of aromatic amines is 1. The second kappa shape index (κ2) is 4.46. The minimum absolute atomic E-state index is 0.0750. The van der Waals surface area contributed by atoms with E-state index in [0.29, 0.717) is 0 Å². The lowest BCUT2D eigenvalue weighted by Crippen LogP contribution is -2.02. The minimum Gasteiger partial charge on any atom is -0.295 e. The van der Waals surface area contributed by atoms with Crippen LogP contribution in [0.1, 0.15) is 42.2 Å². The zero-order valence-electron chi connectivity index (χ0n) is 11.0. The van der Waals surface area contributed by atoms with Crippen LogP contribution in [0.2, 0.25) is 0 Å². The quantitative estimate of drug-likeness (QED) is 0.835. The molecule has 1 aromatic heterocycles. The van der Waals surface area contributed by atoms with Gasteiger partial charge in [-0.05, 0) is 38.5 Å². The Bertz CT molecular complexity index is 709. The molecule has 2 heterocycles. The summed E-state index contributed by atoms with van der Waals surface area (Å²) in [4.78, 5) is 15.8. The van der Waals surface area contributed by atoms with Gasteiger partial charge >= 0.3 is 0 Å². The van der Waals surface area contributed by atoms with Crippen molar-refractivity contribution in [2.75, 3.05) is 0 Å². The Labute approximate surface area is 111 Å². The second-order valence-corrected chi connectivity index (χ2v) is 4.89. The molecule has 0 bridgehead atoms. The van der Waals surface area contributed by atoms with Gasteiger partial charge in [0.1, 0.15) is 0 Å². The molecule has 96 valence electrons. The van der Waals surface area contributed by atoms with E-state index in [-0.39, 0.29) is 11.7 Å². The number of H-pyrrole nitrogens is 1. The average molecular weight is 253 g/mol. The van der Waals surface area contributed by atoms with Crippen molar-refractivity contribution in [1.82, 2.24) is 10.2 Å². The number of hydrogen-bond donors (Lipinski definition) is 1. The number of nitrogens with one attached hydrogen (secondary N) is 1. The maximum Gasteiger partial charge on any atom is 0.159 e. The summed E-state index contributed by atoms with van der Waals surface area (Å²) in [5.74, 6) is 0.329. The number of fused-ring (bicyclic) bond motifs is 1. The lowest BCUT2D eigenvalue weighted by Gasteiger charge is -2.13. The topological polar surface area (TPSA) is 58.1 Å². The van der Waals surface area contributed by atoms with Gasteiger partial charge < -0.3 is 0 Å². The number of nitrogens with zero attached hydrogens (tertiary/aromatic N) is 2. The summed E-state index contributed by atoms with van der Waals surface area (Å²) in [5, 5.41) is 8.44. The fraction of sp³-hybridized carbons (Fsp3) is 0.267. The summed E-state index contributed by atoms with van der Waals surface area (Å²) in [7, 11) is 0. The molecule has 0 amide bonds. The molecule has 19 heavy (non-hydrogen) atoms. The van der Waals surface area contributed by atoms with Crippen molar-refractivity contribution in [3.8, 4) is 0 Å². The van der Waals surface area contributed by atoms with Gasteiger partial charge in [-0.3, -0.25) is 14.9 Å². The molecule has 0 spiro atoms. The van der Waals surface area contributed by atoms with E-state index in [1.165, 1.54) is 0 Å². The van der Waals surface area contributed by atoms with Crippen LogP contribution in [0, 0.1) is 0 Å². The van der Waals surface area contributed by atoms with Gasteiger partial charge in [-0.2, -0.15) is 5.10 Å². The van der Waals surface area contributed by atoms with E-state index in [4.69, 9.17) is 0 Å². The molecular weight excluding hydrogens is 238 g/mol. The summed E-state index contributed by atoms with van der Waals surface area (Å²) in [6, 6.07) is 5.63. The number of allylic oxidation sites excluding steroid dienone is 2. The summed E-state index contributed by atoms with van der Waals surface area (Å²) in [6.45, 7) is 3.57. The van der Waals surface area contributed by atoms with Crippen molar-refractivity contribution >= 4 is 22.9 Å². The van der Waals surface area contributed by atoms with Crippen molar-refractivity contribution in [3.63, 3.8) is 0 Å². The number of hydrogen-bond acceptors (Lipinski definition) is 3. The zero-order chi connectivity index (χ0) is 13.4.